The van der Waals surface area contributed by atoms with Crippen LogP contribution in [0.4, 0.5) is 0 Å². The molecule has 1 aliphatic rings. The van der Waals surface area contributed by atoms with Crippen molar-refractivity contribution in [2.45, 2.75) is 19.4 Å². The fourth-order valence-corrected chi connectivity index (χ4v) is 4.05. The van der Waals surface area contributed by atoms with Gasteiger partial charge >= 0.3 is 0 Å². The Labute approximate surface area is 187 Å². The molecule has 0 aliphatic carbocycles. The number of nitriles is 1. The molecule has 1 atom stereocenters. The number of aromatic nitrogens is 2. The molecule has 0 saturated heterocycles. The third kappa shape index (κ3) is 3.68. The van der Waals surface area contributed by atoms with Crippen LogP contribution >= 0.6 is 34.8 Å². The molecule has 152 valence electrons. The summed E-state index contributed by atoms with van der Waals surface area (Å²) in [4.78, 5) is 0. The Morgan fingerprint density at radius 2 is 2.00 bits per heavy atom. The minimum atomic E-state index is -0.449. The smallest absolute Gasteiger partial charge is 0.244 e. The highest BCUT2D eigenvalue weighted by atomic mass is 35.5. The first-order valence-electron chi connectivity index (χ1n) is 8.87. The summed E-state index contributed by atoms with van der Waals surface area (Å²) in [7, 11) is 0. The van der Waals surface area contributed by atoms with Crippen LogP contribution in [0, 0.1) is 18.3 Å². The topological polar surface area (TPSA) is 97.0 Å². The standard InChI is InChI=1S/C21H15Cl3N4O2/c1-10-18-19(14(8-25)20(26)30-21(18)28-27-10)11-3-5-17(16(24)6-11)29-9-12-2-4-13(22)7-15(12)23/h2-7,19H,9,26H2,1H3,(H,27,28)/t19-/m0/s1. The average Bonchev–Trinajstić information content (AvgIpc) is 3.07. The minimum Gasteiger partial charge on any atom is -0.487 e. The summed E-state index contributed by atoms with van der Waals surface area (Å²) in [5.74, 6) is 0.408. The summed E-state index contributed by atoms with van der Waals surface area (Å²) in [6, 6.07) is 12.7. The maximum atomic E-state index is 9.65. The first-order valence-corrected chi connectivity index (χ1v) is 10.0. The molecule has 3 N–H and O–H groups in total. The number of aromatic amines is 1. The molecule has 1 aliphatic heterocycles. The zero-order valence-electron chi connectivity index (χ0n) is 15.7. The van der Waals surface area contributed by atoms with Crippen LogP contribution in [-0.4, -0.2) is 10.2 Å². The van der Waals surface area contributed by atoms with Gasteiger partial charge in [0.15, 0.2) is 0 Å². The Balaban J connectivity index is 1.64. The van der Waals surface area contributed by atoms with Crippen molar-refractivity contribution in [3.8, 4) is 17.7 Å². The van der Waals surface area contributed by atoms with E-state index in [0.717, 1.165) is 22.4 Å². The fraction of sp³-hybridized carbons (Fsp3) is 0.143. The number of fused-ring (bicyclic) bond motifs is 1. The summed E-state index contributed by atoms with van der Waals surface area (Å²) in [5, 5.41) is 18.1. The van der Waals surface area contributed by atoms with Crippen molar-refractivity contribution in [1.82, 2.24) is 10.2 Å². The van der Waals surface area contributed by atoms with E-state index in [-0.39, 0.29) is 12.5 Å². The van der Waals surface area contributed by atoms with Crippen molar-refractivity contribution in [2.24, 2.45) is 5.73 Å². The van der Waals surface area contributed by atoms with Crippen molar-refractivity contribution in [2.75, 3.05) is 0 Å². The number of aryl methyl sites for hydroxylation is 1. The number of hydrogen-bond donors (Lipinski definition) is 2. The van der Waals surface area contributed by atoms with Gasteiger partial charge in [-0.05, 0) is 36.8 Å². The lowest BCUT2D eigenvalue weighted by Gasteiger charge is -2.24. The third-order valence-electron chi connectivity index (χ3n) is 4.82. The van der Waals surface area contributed by atoms with Crippen LogP contribution in [0.5, 0.6) is 11.6 Å². The van der Waals surface area contributed by atoms with Gasteiger partial charge in [0.1, 0.15) is 24.0 Å². The molecule has 4 rings (SSSR count). The Hall–Kier alpha value is -2.85. The second-order valence-corrected chi connectivity index (χ2v) is 7.96. The van der Waals surface area contributed by atoms with Crippen LogP contribution in [0.15, 0.2) is 47.9 Å². The third-order valence-corrected chi connectivity index (χ3v) is 5.70. The lowest BCUT2D eigenvalue weighted by atomic mass is 9.84. The number of benzene rings is 2. The highest BCUT2D eigenvalue weighted by molar-refractivity contribution is 6.35. The van der Waals surface area contributed by atoms with Gasteiger partial charge in [-0.15, -0.1) is 5.10 Å². The first-order chi connectivity index (χ1) is 14.4. The molecule has 0 amide bonds. The van der Waals surface area contributed by atoms with E-state index in [4.69, 9.17) is 50.0 Å². The molecule has 0 radical (unpaired) electrons. The molecule has 0 bridgehead atoms. The number of nitrogens with two attached hydrogens (primary N) is 1. The van der Waals surface area contributed by atoms with E-state index in [2.05, 4.69) is 16.3 Å². The number of ether oxygens (including phenoxy) is 2. The van der Waals surface area contributed by atoms with Crippen LogP contribution in [-0.2, 0) is 6.61 Å². The van der Waals surface area contributed by atoms with Crippen LogP contribution in [0.3, 0.4) is 0 Å². The van der Waals surface area contributed by atoms with Gasteiger partial charge in [0.25, 0.3) is 0 Å². The van der Waals surface area contributed by atoms with Gasteiger partial charge in [-0.2, -0.15) is 5.26 Å². The molecule has 0 unspecified atom stereocenters. The van der Waals surface area contributed by atoms with E-state index in [1.54, 1.807) is 30.3 Å². The molecule has 0 fully saturated rings. The normalized spacial score (nSPS) is 15.4. The lowest BCUT2D eigenvalue weighted by molar-refractivity contribution is 0.306. The zero-order valence-corrected chi connectivity index (χ0v) is 17.9. The van der Waals surface area contributed by atoms with E-state index in [9.17, 15) is 5.26 Å². The second-order valence-electron chi connectivity index (χ2n) is 6.71. The van der Waals surface area contributed by atoms with Crippen LogP contribution in [0.1, 0.15) is 28.3 Å². The van der Waals surface area contributed by atoms with E-state index in [0.29, 0.717) is 32.3 Å². The Bertz CT molecular complexity index is 1210. The summed E-state index contributed by atoms with van der Waals surface area (Å²) in [6.07, 6.45) is 0. The molecule has 9 heteroatoms. The lowest BCUT2D eigenvalue weighted by Crippen LogP contribution is -2.21. The predicted octanol–water partition coefficient (Wildman–Crippen LogP) is 5.48. The monoisotopic (exact) mass is 460 g/mol. The van der Waals surface area contributed by atoms with Crippen molar-refractivity contribution in [1.29, 1.82) is 5.26 Å². The number of H-pyrrole nitrogens is 1. The van der Waals surface area contributed by atoms with Gasteiger partial charge in [0.05, 0.1) is 10.9 Å². The second kappa shape index (κ2) is 8.11. The Kier molecular flexibility index (Phi) is 5.52. The molecule has 6 nitrogen and oxygen atoms in total. The molecular weight excluding hydrogens is 447 g/mol. The van der Waals surface area contributed by atoms with Crippen molar-refractivity contribution in [3.05, 3.63) is 85.3 Å². The summed E-state index contributed by atoms with van der Waals surface area (Å²) >= 11 is 18.6. The number of halogens is 3. The summed E-state index contributed by atoms with van der Waals surface area (Å²) < 4.78 is 11.3. The molecule has 30 heavy (non-hydrogen) atoms. The van der Waals surface area contributed by atoms with Crippen LogP contribution < -0.4 is 15.2 Å². The molecule has 1 aromatic heterocycles. The van der Waals surface area contributed by atoms with Crippen LogP contribution in [0.25, 0.3) is 0 Å². The van der Waals surface area contributed by atoms with Gasteiger partial charge < -0.3 is 15.2 Å². The number of hydrogen-bond acceptors (Lipinski definition) is 5. The molecule has 0 spiro atoms. The summed E-state index contributed by atoms with van der Waals surface area (Å²) in [6.45, 7) is 2.08. The Morgan fingerprint density at radius 1 is 1.20 bits per heavy atom. The fourth-order valence-electron chi connectivity index (χ4n) is 3.34. The van der Waals surface area contributed by atoms with Crippen molar-refractivity contribution >= 4 is 34.8 Å². The molecule has 2 heterocycles. The SMILES string of the molecule is Cc1[nH]nc2c1[C@@H](c1ccc(OCc3ccc(Cl)cc3Cl)c(Cl)c1)C(C#N)=C(N)O2. The maximum absolute atomic E-state index is 9.65. The molecule has 3 aromatic rings. The predicted molar refractivity (Wildman–Crippen MR) is 115 cm³/mol. The average molecular weight is 462 g/mol. The van der Waals surface area contributed by atoms with Crippen molar-refractivity contribution in [3.63, 3.8) is 0 Å². The first kappa shape index (κ1) is 20.4. The van der Waals surface area contributed by atoms with Crippen LogP contribution in [0.2, 0.25) is 15.1 Å². The molecular formula is C21H15Cl3N4O2. The van der Waals surface area contributed by atoms with Gasteiger partial charge in [-0.3, -0.25) is 5.10 Å². The van der Waals surface area contributed by atoms with Crippen molar-refractivity contribution < 1.29 is 9.47 Å². The number of rotatable bonds is 4. The largest absolute Gasteiger partial charge is 0.487 e. The van der Waals surface area contributed by atoms with E-state index in [1.807, 2.05) is 13.0 Å². The van der Waals surface area contributed by atoms with E-state index < -0.39 is 5.92 Å². The quantitative estimate of drug-likeness (QED) is 0.536. The van der Waals surface area contributed by atoms with Gasteiger partial charge in [0, 0.05) is 26.9 Å². The zero-order chi connectivity index (χ0) is 21.4. The molecule has 2 aromatic carbocycles. The number of nitrogens with zero attached hydrogens (tertiary/aromatic N) is 2. The van der Waals surface area contributed by atoms with Gasteiger partial charge in [0.2, 0.25) is 11.8 Å². The number of nitrogens with one attached hydrogen (secondary N) is 1. The highest BCUT2D eigenvalue weighted by Gasteiger charge is 2.34. The van der Waals surface area contributed by atoms with E-state index >= 15 is 0 Å². The molecule has 0 saturated carbocycles. The number of allylic oxidation sites excluding steroid dienone is 1. The summed E-state index contributed by atoms with van der Waals surface area (Å²) in [5.41, 5.74) is 9.33. The highest BCUT2D eigenvalue weighted by Crippen LogP contribution is 2.44. The van der Waals surface area contributed by atoms with Gasteiger partial charge in [-0.25, -0.2) is 0 Å². The van der Waals surface area contributed by atoms with Gasteiger partial charge in [-0.1, -0.05) is 46.9 Å². The van der Waals surface area contributed by atoms with E-state index in [1.165, 1.54) is 0 Å². The maximum Gasteiger partial charge on any atom is 0.244 e. The minimum absolute atomic E-state index is 0.0235. The Morgan fingerprint density at radius 3 is 2.70 bits per heavy atom.